The molecule has 1 amide bonds. The Bertz CT molecular complexity index is 486. The van der Waals surface area contributed by atoms with E-state index in [1.165, 1.54) is 0 Å². The summed E-state index contributed by atoms with van der Waals surface area (Å²) in [5, 5.41) is 2.81. The molecule has 0 aromatic carbocycles. The van der Waals surface area contributed by atoms with E-state index >= 15 is 0 Å². The molecule has 18 heavy (non-hydrogen) atoms. The van der Waals surface area contributed by atoms with E-state index in [4.69, 9.17) is 18.0 Å². The highest BCUT2D eigenvalue weighted by Crippen LogP contribution is 2.39. The lowest BCUT2D eigenvalue weighted by Crippen LogP contribution is -2.44. The fraction of sp³-hybridized carbons (Fsp3) is 0.417. The van der Waals surface area contributed by atoms with Gasteiger partial charge in [0, 0.05) is 6.20 Å². The number of thiocarbonyl (C=S) groups is 1. The first-order valence-electron chi connectivity index (χ1n) is 5.78. The fourth-order valence-corrected chi connectivity index (χ4v) is 2.92. The third kappa shape index (κ3) is 2.40. The van der Waals surface area contributed by atoms with Crippen LogP contribution >= 0.6 is 28.1 Å². The molecular weight excluding hydrogens is 314 g/mol. The van der Waals surface area contributed by atoms with Crippen LogP contribution in [0.5, 0.6) is 0 Å². The molecule has 6 heteroatoms. The summed E-state index contributed by atoms with van der Waals surface area (Å²) < 4.78 is 0.745. The summed E-state index contributed by atoms with van der Waals surface area (Å²) in [4.78, 5) is 16.8. The van der Waals surface area contributed by atoms with Gasteiger partial charge in [-0.15, -0.1) is 0 Å². The predicted octanol–water partition coefficient (Wildman–Crippen LogP) is 2.63. The topological polar surface area (TPSA) is 68.0 Å². The number of amides is 1. The molecule has 0 saturated heterocycles. The van der Waals surface area contributed by atoms with Crippen LogP contribution in [0.3, 0.4) is 0 Å². The number of hydrogen-bond donors (Lipinski definition) is 2. The second-order valence-corrected chi connectivity index (χ2v) is 5.74. The van der Waals surface area contributed by atoms with Crippen molar-refractivity contribution in [2.24, 2.45) is 11.1 Å². The number of hydrogen-bond acceptors (Lipinski definition) is 3. The number of anilines is 1. The number of nitrogens with zero attached hydrogens (tertiary/aromatic N) is 1. The van der Waals surface area contributed by atoms with Gasteiger partial charge in [0.1, 0.15) is 5.82 Å². The average Bonchev–Trinajstić information content (AvgIpc) is 2.82. The molecule has 0 spiro atoms. The van der Waals surface area contributed by atoms with E-state index in [0.717, 1.165) is 30.2 Å². The van der Waals surface area contributed by atoms with Crippen LogP contribution in [0.1, 0.15) is 25.7 Å². The van der Waals surface area contributed by atoms with E-state index in [0.29, 0.717) is 5.82 Å². The first-order chi connectivity index (χ1) is 8.56. The number of carbonyl (C=O) groups excluding carboxylic acids is 1. The normalized spacial score (nSPS) is 17.4. The van der Waals surface area contributed by atoms with Crippen LogP contribution in [0.15, 0.2) is 22.8 Å². The summed E-state index contributed by atoms with van der Waals surface area (Å²) in [6.07, 6.45) is 5.03. The van der Waals surface area contributed by atoms with Gasteiger partial charge in [-0.05, 0) is 40.9 Å². The van der Waals surface area contributed by atoms with Gasteiger partial charge in [-0.3, -0.25) is 4.79 Å². The summed E-state index contributed by atoms with van der Waals surface area (Å²) in [5.41, 5.74) is 5.06. The van der Waals surface area contributed by atoms with E-state index < -0.39 is 5.41 Å². The number of nitrogens with one attached hydrogen (secondary N) is 1. The van der Waals surface area contributed by atoms with Crippen LogP contribution in [0.25, 0.3) is 0 Å². The van der Waals surface area contributed by atoms with E-state index in [1.54, 1.807) is 12.3 Å². The Morgan fingerprint density at radius 1 is 1.50 bits per heavy atom. The Morgan fingerprint density at radius 3 is 2.72 bits per heavy atom. The van der Waals surface area contributed by atoms with Crippen LogP contribution in [-0.2, 0) is 4.79 Å². The van der Waals surface area contributed by atoms with E-state index in [2.05, 4.69) is 26.2 Å². The molecule has 1 aliphatic carbocycles. The SMILES string of the molecule is NC(=S)C1(C(=O)Nc2ncccc2Br)CCCC1. The molecule has 0 unspecified atom stereocenters. The number of pyridine rings is 1. The van der Waals surface area contributed by atoms with Gasteiger partial charge in [0.15, 0.2) is 0 Å². The van der Waals surface area contributed by atoms with Crippen molar-refractivity contribution in [2.45, 2.75) is 25.7 Å². The summed E-state index contributed by atoms with van der Waals surface area (Å²) >= 11 is 8.42. The lowest BCUT2D eigenvalue weighted by Gasteiger charge is -2.26. The molecule has 0 atom stereocenters. The van der Waals surface area contributed by atoms with Gasteiger partial charge in [-0.25, -0.2) is 4.98 Å². The van der Waals surface area contributed by atoms with Crippen LogP contribution in [-0.4, -0.2) is 15.9 Å². The third-order valence-electron chi connectivity index (χ3n) is 3.35. The molecule has 1 fully saturated rings. The summed E-state index contributed by atoms with van der Waals surface area (Å²) in [6.45, 7) is 0. The minimum atomic E-state index is -0.702. The zero-order chi connectivity index (χ0) is 13.2. The monoisotopic (exact) mass is 327 g/mol. The number of carbonyl (C=O) groups is 1. The maximum atomic E-state index is 12.4. The van der Waals surface area contributed by atoms with Gasteiger partial charge in [-0.1, -0.05) is 25.1 Å². The second kappa shape index (κ2) is 5.32. The van der Waals surface area contributed by atoms with Crippen molar-refractivity contribution in [1.29, 1.82) is 0 Å². The van der Waals surface area contributed by atoms with Crippen LogP contribution in [0.2, 0.25) is 0 Å². The Balaban J connectivity index is 2.21. The first-order valence-corrected chi connectivity index (χ1v) is 6.98. The number of halogens is 1. The highest BCUT2D eigenvalue weighted by atomic mass is 79.9. The molecule has 1 saturated carbocycles. The zero-order valence-corrected chi connectivity index (χ0v) is 12.2. The maximum absolute atomic E-state index is 12.4. The Kier molecular flexibility index (Phi) is 3.97. The smallest absolute Gasteiger partial charge is 0.238 e. The van der Waals surface area contributed by atoms with Crippen LogP contribution in [0, 0.1) is 5.41 Å². The molecule has 0 bridgehead atoms. The predicted molar refractivity (Wildman–Crippen MR) is 78.3 cm³/mol. The summed E-state index contributed by atoms with van der Waals surface area (Å²) in [7, 11) is 0. The molecule has 0 radical (unpaired) electrons. The molecule has 1 heterocycles. The number of aromatic nitrogens is 1. The molecule has 96 valence electrons. The number of rotatable bonds is 3. The van der Waals surface area contributed by atoms with Crippen molar-refractivity contribution >= 4 is 44.9 Å². The van der Waals surface area contributed by atoms with Crippen molar-refractivity contribution in [3.8, 4) is 0 Å². The summed E-state index contributed by atoms with van der Waals surface area (Å²) in [6, 6.07) is 3.61. The second-order valence-electron chi connectivity index (χ2n) is 4.44. The molecule has 4 nitrogen and oxygen atoms in total. The molecule has 1 aliphatic rings. The van der Waals surface area contributed by atoms with Gasteiger partial charge in [-0.2, -0.15) is 0 Å². The van der Waals surface area contributed by atoms with Gasteiger partial charge >= 0.3 is 0 Å². The maximum Gasteiger partial charge on any atom is 0.238 e. The zero-order valence-electron chi connectivity index (χ0n) is 9.78. The van der Waals surface area contributed by atoms with Gasteiger partial charge in [0.05, 0.1) is 14.9 Å². The Labute approximate surface area is 119 Å². The van der Waals surface area contributed by atoms with E-state index in [1.807, 2.05) is 6.07 Å². The minimum absolute atomic E-state index is 0.146. The lowest BCUT2D eigenvalue weighted by atomic mass is 9.85. The van der Waals surface area contributed by atoms with Crippen LogP contribution in [0.4, 0.5) is 5.82 Å². The third-order valence-corrected chi connectivity index (χ3v) is 4.38. The highest BCUT2D eigenvalue weighted by Gasteiger charge is 2.44. The Hall–Kier alpha value is -1.01. The minimum Gasteiger partial charge on any atom is -0.392 e. The standard InChI is InChI=1S/C12H14BrN3OS/c13-8-4-3-7-15-9(8)16-11(17)12(10(14)18)5-1-2-6-12/h3-4,7H,1-2,5-6H2,(H2,14,18)(H,15,16,17). The van der Waals surface area contributed by atoms with Crippen molar-refractivity contribution < 1.29 is 4.79 Å². The quantitative estimate of drug-likeness (QED) is 0.837. The van der Waals surface area contributed by atoms with Crippen LogP contribution < -0.4 is 11.1 Å². The largest absolute Gasteiger partial charge is 0.392 e. The average molecular weight is 328 g/mol. The fourth-order valence-electron chi connectivity index (χ4n) is 2.27. The van der Waals surface area contributed by atoms with E-state index in [-0.39, 0.29) is 10.9 Å². The summed E-state index contributed by atoms with van der Waals surface area (Å²) in [5.74, 6) is 0.358. The molecule has 0 aliphatic heterocycles. The molecule has 3 N–H and O–H groups in total. The molecular formula is C12H14BrN3OS. The van der Waals surface area contributed by atoms with Gasteiger partial charge in [0.2, 0.25) is 5.91 Å². The van der Waals surface area contributed by atoms with Crippen molar-refractivity contribution in [2.75, 3.05) is 5.32 Å². The molecule has 1 aromatic heterocycles. The van der Waals surface area contributed by atoms with Gasteiger partial charge < -0.3 is 11.1 Å². The molecule has 1 aromatic rings. The highest BCUT2D eigenvalue weighted by molar-refractivity contribution is 9.10. The van der Waals surface area contributed by atoms with E-state index in [9.17, 15) is 4.79 Å². The van der Waals surface area contributed by atoms with Crippen molar-refractivity contribution in [1.82, 2.24) is 4.98 Å². The van der Waals surface area contributed by atoms with Crippen molar-refractivity contribution in [3.05, 3.63) is 22.8 Å². The number of nitrogens with two attached hydrogens (primary N) is 1. The van der Waals surface area contributed by atoms with Gasteiger partial charge in [0.25, 0.3) is 0 Å². The lowest BCUT2D eigenvalue weighted by molar-refractivity contribution is -0.122. The van der Waals surface area contributed by atoms with Crippen molar-refractivity contribution in [3.63, 3.8) is 0 Å². The Morgan fingerprint density at radius 2 is 2.17 bits per heavy atom. The first kappa shape index (κ1) is 13.4. The molecule has 2 rings (SSSR count).